The summed E-state index contributed by atoms with van der Waals surface area (Å²) < 4.78 is 37.3. The molecule has 2 aromatic carbocycles. The van der Waals surface area contributed by atoms with Crippen molar-refractivity contribution < 1.29 is 22.7 Å². The number of methoxy groups -OCH3 is 1. The third-order valence-corrected chi connectivity index (χ3v) is 8.04. The lowest BCUT2D eigenvalue weighted by molar-refractivity contribution is -0.116. The Bertz CT molecular complexity index is 1270. The van der Waals surface area contributed by atoms with Crippen LogP contribution in [0, 0.1) is 12.3 Å². The topological polar surface area (TPSA) is 81.7 Å². The van der Waals surface area contributed by atoms with E-state index in [1.165, 1.54) is 18.4 Å². The molecule has 6 nitrogen and oxygen atoms in total. The van der Waals surface area contributed by atoms with Crippen LogP contribution in [0.1, 0.15) is 22.8 Å². The second-order valence-corrected chi connectivity index (χ2v) is 9.69. The molecule has 3 aromatic rings. The standard InChI is InChI=1S/C23H19NO5S2/c1-3-11-29-19-12-15(9-10-18(19)28-2)17-13-21(25)24-22-20(14-30-23(17)22)31(26,27)16-7-5-4-6-8-16/h1,4-10,12,14,17H,11,13H2,2H3,(H,24,25)/t17-/m0/s1. The molecule has 1 aromatic heterocycles. The minimum absolute atomic E-state index is 0.0781. The lowest BCUT2D eigenvalue weighted by Crippen LogP contribution is -2.23. The van der Waals surface area contributed by atoms with E-state index in [9.17, 15) is 13.2 Å². The van der Waals surface area contributed by atoms with E-state index in [-0.39, 0.29) is 34.6 Å². The first-order chi connectivity index (χ1) is 15.0. The molecule has 158 valence electrons. The van der Waals surface area contributed by atoms with Crippen LogP contribution >= 0.6 is 11.3 Å². The zero-order chi connectivity index (χ0) is 22.0. The molecule has 1 aliphatic rings. The highest BCUT2D eigenvalue weighted by molar-refractivity contribution is 7.91. The van der Waals surface area contributed by atoms with E-state index in [1.807, 2.05) is 6.07 Å². The van der Waals surface area contributed by atoms with Crippen molar-refractivity contribution in [1.82, 2.24) is 0 Å². The smallest absolute Gasteiger partial charge is 0.225 e. The molecular formula is C23H19NO5S2. The molecule has 2 heterocycles. The quantitative estimate of drug-likeness (QED) is 0.569. The molecule has 4 rings (SSSR count). The van der Waals surface area contributed by atoms with Crippen LogP contribution in [-0.2, 0) is 14.6 Å². The average Bonchev–Trinajstić information content (AvgIpc) is 3.22. The van der Waals surface area contributed by atoms with Crippen LogP contribution in [0.5, 0.6) is 11.5 Å². The number of thiophene rings is 1. The summed E-state index contributed by atoms with van der Waals surface area (Å²) in [6.07, 6.45) is 5.49. The van der Waals surface area contributed by atoms with Crippen molar-refractivity contribution in [2.75, 3.05) is 19.0 Å². The van der Waals surface area contributed by atoms with Crippen LogP contribution in [0.15, 0.2) is 63.7 Å². The summed E-state index contributed by atoms with van der Waals surface area (Å²) in [7, 11) is -2.24. The second-order valence-electron chi connectivity index (χ2n) is 6.86. The first-order valence-corrected chi connectivity index (χ1v) is 11.8. The molecule has 0 aliphatic carbocycles. The fraction of sp³-hybridized carbons (Fsp3) is 0.174. The van der Waals surface area contributed by atoms with Gasteiger partial charge in [0.05, 0.1) is 17.7 Å². The number of carbonyl (C=O) groups is 1. The first-order valence-electron chi connectivity index (χ1n) is 9.41. The lowest BCUT2D eigenvalue weighted by Gasteiger charge is -2.24. The molecule has 0 fully saturated rings. The van der Waals surface area contributed by atoms with Gasteiger partial charge in [-0.05, 0) is 29.8 Å². The summed E-state index contributed by atoms with van der Waals surface area (Å²) >= 11 is 1.31. The van der Waals surface area contributed by atoms with Crippen LogP contribution < -0.4 is 14.8 Å². The van der Waals surface area contributed by atoms with Crippen molar-refractivity contribution >= 4 is 32.8 Å². The monoisotopic (exact) mass is 453 g/mol. The van der Waals surface area contributed by atoms with Crippen molar-refractivity contribution in [3.8, 4) is 23.8 Å². The molecule has 31 heavy (non-hydrogen) atoms. The van der Waals surface area contributed by atoms with E-state index in [2.05, 4.69) is 11.2 Å². The van der Waals surface area contributed by atoms with Gasteiger partial charge in [0, 0.05) is 22.6 Å². The van der Waals surface area contributed by atoms with Crippen molar-refractivity contribution in [3.63, 3.8) is 0 Å². The van der Waals surface area contributed by atoms with Crippen molar-refractivity contribution in [2.45, 2.75) is 22.1 Å². The molecule has 0 saturated heterocycles. The highest BCUT2D eigenvalue weighted by Gasteiger charge is 2.34. The number of rotatable bonds is 6. The van der Waals surface area contributed by atoms with E-state index in [0.717, 1.165) is 10.4 Å². The van der Waals surface area contributed by atoms with Gasteiger partial charge in [-0.2, -0.15) is 0 Å². The third kappa shape index (κ3) is 3.90. The average molecular weight is 454 g/mol. The second kappa shape index (κ2) is 8.46. The number of nitrogens with one attached hydrogen (secondary N) is 1. The fourth-order valence-electron chi connectivity index (χ4n) is 3.54. The number of anilines is 1. The van der Waals surface area contributed by atoms with Gasteiger partial charge in [-0.15, -0.1) is 17.8 Å². The van der Waals surface area contributed by atoms with Crippen molar-refractivity contribution in [1.29, 1.82) is 0 Å². The molecule has 1 N–H and O–H groups in total. The lowest BCUT2D eigenvalue weighted by atomic mass is 9.90. The molecule has 1 atom stereocenters. The van der Waals surface area contributed by atoms with Gasteiger partial charge in [0.1, 0.15) is 11.5 Å². The van der Waals surface area contributed by atoms with E-state index in [0.29, 0.717) is 17.2 Å². The van der Waals surface area contributed by atoms with E-state index in [1.54, 1.807) is 47.8 Å². The number of amides is 1. The Morgan fingerprint density at radius 2 is 1.97 bits per heavy atom. The Morgan fingerprint density at radius 1 is 1.19 bits per heavy atom. The van der Waals surface area contributed by atoms with Gasteiger partial charge >= 0.3 is 0 Å². The molecule has 1 amide bonds. The Kier molecular flexibility index (Phi) is 5.72. The van der Waals surface area contributed by atoms with Gasteiger partial charge in [0.25, 0.3) is 0 Å². The number of fused-ring (bicyclic) bond motifs is 1. The predicted octanol–water partition coefficient (Wildman–Crippen LogP) is 4.08. The van der Waals surface area contributed by atoms with Crippen molar-refractivity contribution in [2.24, 2.45) is 0 Å². The maximum Gasteiger partial charge on any atom is 0.225 e. The molecule has 0 radical (unpaired) electrons. The summed E-state index contributed by atoms with van der Waals surface area (Å²) in [4.78, 5) is 13.6. The number of ether oxygens (including phenoxy) is 2. The molecule has 1 aliphatic heterocycles. The Morgan fingerprint density at radius 3 is 2.68 bits per heavy atom. The summed E-state index contributed by atoms with van der Waals surface area (Å²) in [5, 5.41) is 4.35. The third-order valence-electron chi connectivity index (χ3n) is 5.00. The zero-order valence-corrected chi connectivity index (χ0v) is 18.3. The number of hydrogen-bond acceptors (Lipinski definition) is 6. The fourth-order valence-corrected chi connectivity index (χ4v) is 6.47. The van der Waals surface area contributed by atoms with Crippen LogP contribution in [0.3, 0.4) is 0 Å². The summed E-state index contributed by atoms with van der Waals surface area (Å²) in [6, 6.07) is 13.6. The first kappa shape index (κ1) is 21.0. The minimum atomic E-state index is -3.77. The van der Waals surface area contributed by atoms with Gasteiger partial charge in [-0.3, -0.25) is 4.79 Å². The van der Waals surface area contributed by atoms with Crippen LogP contribution in [0.25, 0.3) is 0 Å². The molecule has 8 heteroatoms. The highest BCUT2D eigenvalue weighted by atomic mass is 32.2. The molecule has 0 unspecified atom stereocenters. The Balaban J connectivity index is 1.78. The van der Waals surface area contributed by atoms with Gasteiger partial charge in [0.15, 0.2) is 11.5 Å². The molecular weight excluding hydrogens is 434 g/mol. The van der Waals surface area contributed by atoms with Gasteiger partial charge in [-0.25, -0.2) is 8.42 Å². The van der Waals surface area contributed by atoms with Gasteiger partial charge in [0.2, 0.25) is 15.7 Å². The van der Waals surface area contributed by atoms with Gasteiger partial charge in [-0.1, -0.05) is 30.2 Å². The highest BCUT2D eigenvalue weighted by Crippen LogP contribution is 2.46. The molecule has 0 spiro atoms. The minimum Gasteiger partial charge on any atom is -0.493 e. The molecule has 0 bridgehead atoms. The zero-order valence-electron chi connectivity index (χ0n) is 16.6. The number of hydrogen-bond donors (Lipinski definition) is 1. The SMILES string of the molecule is C#CCOc1cc([C@@H]2CC(=O)Nc3c(S(=O)(=O)c4ccccc4)csc32)ccc1OC. The largest absolute Gasteiger partial charge is 0.493 e. The maximum absolute atomic E-state index is 13.2. The normalized spacial score (nSPS) is 15.5. The van der Waals surface area contributed by atoms with Gasteiger partial charge < -0.3 is 14.8 Å². The van der Waals surface area contributed by atoms with Crippen LogP contribution in [-0.4, -0.2) is 28.0 Å². The van der Waals surface area contributed by atoms with E-state index < -0.39 is 9.84 Å². The summed E-state index contributed by atoms with van der Waals surface area (Å²) in [5.74, 6) is 2.86. The Hall–Kier alpha value is -3.28. The maximum atomic E-state index is 13.2. The summed E-state index contributed by atoms with van der Waals surface area (Å²) in [5.41, 5.74) is 1.16. The number of sulfone groups is 1. The van der Waals surface area contributed by atoms with E-state index >= 15 is 0 Å². The predicted molar refractivity (Wildman–Crippen MR) is 119 cm³/mol. The van der Waals surface area contributed by atoms with Crippen LogP contribution in [0.4, 0.5) is 5.69 Å². The Labute approximate surface area is 184 Å². The van der Waals surface area contributed by atoms with E-state index in [4.69, 9.17) is 15.9 Å². The number of carbonyl (C=O) groups excluding carboxylic acids is 1. The van der Waals surface area contributed by atoms with Crippen LogP contribution in [0.2, 0.25) is 0 Å². The molecule has 0 saturated carbocycles. The summed E-state index contributed by atoms with van der Waals surface area (Å²) in [6.45, 7) is 0.0781. The number of benzene rings is 2. The van der Waals surface area contributed by atoms with Crippen molar-refractivity contribution in [3.05, 3.63) is 64.4 Å². The number of terminal acetylenes is 1.